The van der Waals surface area contributed by atoms with E-state index in [-0.39, 0.29) is 28.5 Å². The zero-order valence-electron chi connectivity index (χ0n) is 18.9. The van der Waals surface area contributed by atoms with Crippen LogP contribution in [0.2, 0.25) is 5.02 Å². The number of nitrogens with one attached hydrogen (secondary N) is 1. The van der Waals surface area contributed by atoms with Crippen LogP contribution >= 0.6 is 11.6 Å². The molecule has 35 heavy (non-hydrogen) atoms. The van der Waals surface area contributed by atoms with E-state index in [0.717, 1.165) is 29.0 Å². The van der Waals surface area contributed by atoms with Gasteiger partial charge in [-0.25, -0.2) is 0 Å². The van der Waals surface area contributed by atoms with Gasteiger partial charge in [0.1, 0.15) is 12.4 Å². The van der Waals surface area contributed by atoms with Crippen LogP contribution in [-0.4, -0.2) is 4.92 Å². The largest absolute Gasteiger partial charge is 0.489 e. The molecule has 1 aliphatic carbocycles. The molecule has 6 rings (SSSR count). The first-order valence-corrected chi connectivity index (χ1v) is 12.0. The van der Waals surface area contributed by atoms with Crippen molar-refractivity contribution < 1.29 is 9.66 Å². The number of halogens is 1. The van der Waals surface area contributed by atoms with Gasteiger partial charge in [-0.2, -0.15) is 0 Å². The van der Waals surface area contributed by atoms with E-state index < -0.39 is 0 Å². The summed E-state index contributed by atoms with van der Waals surface area (Å²) in [6, 6.07) is 29.6. The van der Waals surface area contributed by atoms with Gasteiger partial charge in [-0.15, -0.1) is 0 Å². The maximum absolute atomic E-state index is 11.5. The molecule has 0 spiro atoms. The zero-order valence-corrected chi connectivity index (χ0v) is 19.6. The highest BCUT2D eigenvalue weighted by molar-refractivity contribution is 6.30. The first-order chi connectivity index (χ1) is 17.1. The Morgan fingerprint density at radius 3 is 2.49 bits per heavy atom. The second-order valence-corrected chi connectivity index (χ2v) is 9.62. The molecule has 6 heteroatoms. The number of non-ortho nitro benzene ring substituents is 1. The summed E-state index contributed by atoms with van der Waals surface area (Å²) in [6.45, 7) is 0.477. The minimum absolute atomic E-state index is 0.0895. The Balaban J connectivity index is 1.29. The van der Waals surface area contributed by atoms with Crippen LogP contribution in [0, 0.1) is 16.0 Å². The summed E-state index contributed by atoms with van der Waals surface area (Å²) in [5.41, 5.74) is 6.93. The molecular formula is C29H23ClN2O3. The van der Waals surface area contributed by atoms with Gasteiger partial charge in [-0.3, -0.25) is 10.1 Å². The summed E-state index contributed by atoms with van der Waals surface area (Å²) < 4.78 is 5.98. The third-order valence-electron chi connectivity index (χ3n) is 7.15. The smallest absolute Gasteiger partial charge is 0.269 e. The Bertz CT molecular complexity index is 1400. The molecule has 4 aromatic carbocycles. The van der Waals surface area contributed by atoms with E-state index in [1.807, 2.05) is 42.5 Å². The second-order valence-electron chi connectivity index (χ2n) is 9.18. The number of nitro groups is 1. The summed E-state index contributed by atoms with van der Waals surface area (Å²) >= 11 is 5.96. The maximum Gasteiger partial charge on any atom is 0.269 e. The third kappa shape index (κ3) is 4.02. The molecule has 0 saturated heterocycles. The summed E-state index contributed by atoms with van der Waals surface area (Å²) in [5.74, 6) is 1.19. The van der Waals surface area contributed by atoms with Crippen molar-refractivity contribution in [2.24, 2.45) is 5.92 Å². The van der Waals surface area contributed by atoms with E-state index in [1.165, 1.54) is 16.7 Å². The highest BCUT2D eigenvalue weighted by atomic mass is 35.5. The summed E-state index contributed by atoms with van der Waals surface area (Å²) in [7, 11) is 0. The van der Waals surface area contributed by atoms with Gasteiger partial charge in [0.2, 0.25) is 0 Å². The lowest BCUT2D eigenvalue weighted by molar-refractivity contribution is -0.384. The predicted octanol–water partition coefficient (Wildman–Crippen LogP) is 7.30. The van der Waals surface area contributed by atoms with Gasteiger partial charge in [-0.1, -0.05) is 60.1 Å². The standard InChI is InChI=1S/C29H23ClN2O3/c30-21-9-5-18(6-10-21)17-35-23-12-7-19(8-13-23)29-26-15-20-3-1-2-4-24(20)28(26)25-16-22(32(33)34)11-14-27(25)31-29/h1-14,16,26,28-29,31H,15,17H2/t26-,28+,29+/m1/s1. The molecule has 4 aromatic rings. The van der Waals surface area contributed by atoms with Crippen LogP contribution < -0.4 is 10.1 Å². The number of hydrogen-bond donors (Lipinski definition) is 1. The van der Waals surface area contributed by atoms with E-state index in [0.29, 0.717) is 11.6 Å². The monoisotopic (exact) mass is 482 g/mol. The molecular weight excluding hydrogens is 460 g/mol. The number of anilines is 1. The van der Waals surface area contributed by atoms with E-state index in [1.54, 1.807) is 12.1 Å². The fraction of sp³-hybridized carbons (Fsp3) is 0.172. The number of benzene rings is 4. The van der Waals surface area contributed by atoms with Gasteiger partial charge in [0, 0.05) is 28.8 Å². The van der Waals surface area contributed by atoms with Gasteiger partial charge in [0.05, 0.1) is 11.0 Å². The molecule has 3 atom stereocenters. The zero-order chi connectivity index (χ0) is 23.9. The highest BCUT2D eigenvalue weighted by Crippen LogP contribution is 2.54. The Morgan fingerprint density at radius 1 is 0.943 bits per heavy atom. The lowest BCUT2D eigenvalue weighted by atomic mass is 9.75. The van der Waals surface area contributed by atoms with Crippen LogP contribution in [0.3, 0.4) is 0 Å². The third-order valence-corrected chi connectivity index (χ3v) is 7.40. The number of fused-ring (bicyclic) bond motifs is 5. The van der Waals surface area contributed by atoms with Crippen LogP contribution in [0.5, 0.6) is 5.75 Å². The lowest BCUT2D eigenvalue weighted by Crippen LogP contribution is -2.30. The average Bonchev–Trinajstić information content (AvgIpc) is 3.28. The van der Waals surface area contributed by atoms with Gasteiger partial charge >= 0.3 is 0 Å². The van der Waals surface area contributed by atoms with Crippen LogP contribution in [0.1, 0.15) is 39.8 Å². The molecule has 2 aliphatic rings. The molecule has 1 heterocycles. The first kappa shape index (κ1) is 21.7. The quantitative estimate of drug-likeness (QED) is 0.239. The van der Waals surface area contributed by atoms with Crippen molar-refractivity contribution in [2.75, 3.05) is 5.32 Å². The van der Waals surface area contributed by atoms with Crippen LogP contribution in [0.25, 0.3) is 0 Å². The molecule has 0 radical (unpaired) electrons. The van der Waals surface area contributed by atoms with Gasteiger partial charge in [-0.05, 0) is 70.5 Å². The van der Waals surface area contributed by atoms with Crippen LogP contribution in [0.4, 0.5) is 11.4 Å². The maximum atomic E-state index is 11.5. The molecule has 0 fully saturated rings. The molecule has 5 nitrogen and oxygen atoms in total. The normalized spacial score (nSPS) is 19.7. The van der Waals surface area contributed by atoms with Crippen molar-refractivity contribution >= 4 is 23.0 Å². The molecule has 0 aromatic heterocycles. The van der Waals surface area contributed by atoms with Crippen LogP contribution in [-0.2, 0) is 13.0 Å². The van der Waals surface area contributed by atoms with E-state index >= 15 is 0 Å². The molecule has 0 amide bonds. The number of rotatable bonds is 5. The highest BCUT2D eigenvalue weighted by Gasteiger charge is 2.43. The SMILES string of the molecule is O=[N+]([O-])c1ccc2c(c1)[C@@H]1c3ccccc3C[C@H]1[C@H](c1ccc(OCc3ccc(Cl)cc3)cc1)N2. The number of ether oxygens (including phenoxy) is 1. The second kappa shape index (κ2) is 8.75. The average molecular weight is 483 g/mol. The minimum atomic E-state index is -0.314. The molecule has 174 valence electrons. The minimum Gasteiger partial charge on any atom is -0.489 e. The van der Waals surface area contributed by atoms with Crippen molar-refractivity contribution in [1.82, 2.24) is 0 Å². The Labute approximate surface area is 208 Å². The molecule has 0 bridgehead atoms. The molecule has 1 N–H and O–H groups in total. The Hall–Kier alpha value is -3.83. The molecule has 0 saturated carbocycles. The van der Waals surface area contributed by atoms with Gasteiger partial charge in [0.15, 0.2) is 0 Å². The van der Waals surface area contributed by atoms with Gasteiger partial charge in [0.25, 0.3) is 5.69 Å². The number of nitro benzene ring substituents is 1. The van der Waals surface area contributed by atoms with Gasteiger partial charge < -0.3 is 10.1 Å². The lowest BCUT2D eigenvalue weighted by Gasteiger charge is -2.38. The Kier molecular flexibility index (Phi) is 5.42. The van der Waals surface area contributed by atoms with Crippen molar-refractivity contribution in [2.45, 2.75) is 25.0 Å². The van der Waals surface area contributed by atoms with E-state index in [9.17, 15) is 10.1 Å². The first-order valence-electron chi connectivity index (χ1n) is 11.7. The van der Waals surface area contributed by atoms with Crippen LogP contribution in [0.15, 0.2) is 91.0 Å². The fourth-order valence-electron chi connectivity index (χ4n) is 5.51. The van der Waals surface area contributed by atoms with Crippen molar-refractivity contribution in [1.29, 1.82) is 0 Å². The fourth-order valence-corrected chi connectivity index (χ4v) is 5.64. The molecule has 0 unspecified atom stereocenters. The summed E-state index contributed by atoms with van der Waals surface area (Å²) in [6.07, 6.45) is 0.926. The topological polar surface area (TPSA) is 64.4 Å². The summed E-state index contributed by atoms with van der Waals surface area (Å²) in [4.78, 5) is 11.2. The Morgan fingerprint density at radius 2 is 1.71 bits per heavy atom. The van der Waals surface area contributed by atoms with E-state index in [2.05, 4.69) is 41.7 Å². The van der Waals surface area contributed by atoms with Crippen molar-refractivity contribution in [3.63, 3.8) is 0 Å². The number of nitrogens with zero attached hydrogens (tertiary/aromatic N) is 1. The number of hydrogen-bond acceptors (Lipinski definition) is 4. The predicted molar refractivity (Wildman–Crippen MR) is 137 cm³/mol. The van der Waals surface area contributed by atoms with Crippen molar-refractivity contribution in [3.8, 4) is 5.75 Å². The van der Waals surface area contributed by atoms with Crippen molar-refractivity contribution in [3.05, 3.63) is 134 Å². The van der Waals surface area contributed by atoms with E-state index in [4.69, 9.17) is 16.3 Å². The molecule has 1 aliphatic heterocycles. The summed E-state index contributed by atoms with van der Waals surface area (Å²) in [5, 5.41) is 15.9.